The molecule has 1 amide bonds. The number of carbonyl (C=O) groups is 1. The lowest BCUT2D eigenvalue weighted by molar-refractivity contribution is 0.0953. The molecule has 0 saturated carbocycles. The molecule has 9 heteroatoms. The Kier molecular flexibility index (Phi) is 5.75. The van der Waals surface area contributed by atoms with Gasteiger partial charge >= 0.3 is 0 Å². The molecule has 27 heavy (non-hydrogen) atoms. The molecule has 2 heterocycles. The van der Waals surface area contributed by atoms with E-state index in [-0.39, 0.29) is 10.8 Å². The third-order valence-corrected chi connectivity index (χ3v) is 6.82. The molecule has 2 aromatic heterocycles. The number of nitrogens with one attached hydrogen (secondary N) is 1. The highest BCUT2D eigenvalue weighted by Crippen LogP contribution is 2.29. The van der Waals surface area contributed by atoms with Crippen LogP contribution < -0.4 is 10.5 Å². The van der Waals surface area contributed by atoms with Gasteiger partial charge in [0.2, 0.25) is 10.0 Å². The highest BCUT2D eigenvalue weighted by atomic mass is 32.2. The molecular formula is C18H19N3O3S3. The summed E-state index contributed by atoms with van der Waals surface area (Å²) in [6.07, 6.45) is 0.688. The number of rotatable bonds is 6. The molecule has 0 unspecified atom stereocenters. The normalized spacial score (nSPS) is 11.5. The van der Waals surface area contributed by atoms with E-state index >= 15 is 0 Å². The third kappa shape index (κ3) is 4.81. The zero-order valence-electron chi connectivity index (χ0n) is 14.9. The molecule has 0 aliphatic carbocycles. The zero-order chi connectivity index (χ0) is 19.6. The summed E-state index contributed by atoms with van der Waals surface area (Å²) in [5.41, 5.74) is 1.98. The van der Waals surface area contributed by atoms with Gasteiger partial charge in [0.1, 0.15) is 0 Å². The maximum atomic E-state index is 12.4. The molecule has 0 aliphatic rings. The number of amides is 1. The van der Waals surface area contributed by atoms with Crippen molar-refractivity contribution in [2.24, 2.45) is 5.14 Å². The molecule has 0 bridgehead atoms. The Bertz CT molecular complexity index is 1080. The second-order valence-corrected chi connectivity index (χ2v) is 9.84. The van der Waals surface area contributed by atoms with Crippen molar-refractivity contribution in [1.82, 2.24) is 10.3 Å². The van der Waals surface area contributed by atoms with Gasteiger partial charge in [0.05, 0.1) is 20.5 Å². The number of thiazole rings is 1. The number of sulfonamides is 1. The number of aromatic nitrogens is 1. The van der Waals surface area contributed by atoms with E-state index in [9.17, 15) is 13.2 Å². The minimum absolute atomic E-state index is 0.0697. The Hall–Kier alpha value is -2.07. The van der Waals surface area contributed by atoms with Crippen LogP contribution in [0.15, 0.2) is 40.6 Å². The summed E-state index contributed by atoms with van der Waals surface area (Å²) in [7, 11) is -3.84. The lowest BCUT2D eigenvalue weighted by Gasteiger charge is -2.09. The maximum absolute atomic E-state index is 12.4. The lowest BCUT2D eigenvalue weighted by atomic mass is 10.1. The fraction of sp³-hybridized carbons (Fsp3) is 0.222. The molecule has 3 N–H and O–H groups in total. The fourth-order valence-electron chi connectivity index (χ4n) is 2.54. The van der Waals surface area contributed by atoms with E-state index < -0.39 is 10.0 Å². The van der Waals surface area contributed by atoms with Crippen LogP contribution in [0.3, 0.4) is 0 Å². The second-order valence-electron chi connectivity index (χ2n) is 6.05. The number of nitrogens with two attached hydrogens (primary N) is 1. The monoisotopic (exact) mass is 421 g/mol. The van der Waals surface area contributed by atoms with E-state index in [2.05, 4.69) is 10.3 Å². The fourth-order valence-corrected chi connectivity index (χ4v) is 4.74. The molecule has 1 aromatic carbocycles. The van der Waals surface area contributed by atoms with Crippen LogP contribution in [-0.2, 0) is 16.4 Å². The van der Waals surface area contributed by atoms with Crippen molar-refractivity contribution < 1.29 is 13.2 Å². The van der Waals surface area contributed by atoms with Gasteiger partial charge in [0.15, 0.2) is 0 Å². The predicted molar refractivity (Wildman–Crippen MR) is 109 cm³/mol. The summed E-state index contributed by atoms with van der Waals surface area (Å²) in [4.78, 5) is 19.1. The number of carbonyl (C=O) groups excluding carboxylic acids is 1. The molecule has 0 radical (unpaired) electrons. The summed E-state index contributed by atoms with van der Waals surface area (Å²) in [6.45, 7) is 4.18. The van der Waals surface area contributed by atoms with E-state index in [0.29, 0.717) is 24.1 Å². The second kappa shape index (κ2) is 7.89. The van der Waals surface area contributed by atoms with Crippen molar-refractivity contribution in [3.8, 4) is 10.6 Å². The number of primary sulfonamides is 1. The molecule has 0 fully saturated rings. The maximum Gasteiger partial charge on any atom is 0.251 e. The largest absolute Gasteiger partial charge is 0.352 e. The topological polar surface area (TPSA) is 102 Å². The van der Waals surface area contributed by atoms with Gasteiger partial charge in [-0.05, 0) is 50.1 Å². The highest BCUT2D eigenvalue weighted by Gasteiger charge is 2.15. The average molecular weight is 422 g/mol. The minimum Gasteiger partial charge on any atom is -0.352 e. The van der Waals surface area contributed by atoms with Crippen LogP contribution in [0.25, 0.3) is 10.6 Å². The first-order valence-electron chi connectivity index (χ1n) is 8.17. The van der Waals surface area contributed by atoms with Crippen LogP contribution >= 0.6 is 22.7 Å². The van der Waals surface area contributed by atoms with Crippen molar-refractivity contribution in [3.05, 3.63) is 56.7 Å². The summed E-state index contributed by atoms with van der Waals surface area (Å²) in [6, 6.07) is 8.36. The Morgan fingerprint density at radius 1 is 1.22 bits per heavy atom. The van der Waals surface area contributed by atoms with Crippen LogP contribution in [0.5, 0.6) is 0 Å². The van der Waals surface area contributed by atoms with Gasteiger partial charge in [-0.3, -0.25) is 4.79 Å². The van der Waals surface area contributed by atoms with Gasteiger partial charge in [-0.1, -0.05) is 6.07 Å². The first-order chi connectivity index (χ1) is 12.7. The van der Waals surface area contributed by atoms with E-state index in [0.717, 1.165) is 20.5 Å². The molecule has 3 aromatic rings. The standard InChI is InChI=1S/C18H19N3O3S3/c1-11-3-5-14(27(19,23)24)9-15(11)18(22)20-8-7-13-4-6-17(26-13)16-10-25-12(2)21-16/h3-6,9-10H,7-8H2,1-2H3,(H,20,22)(H2,19,23,24). The van der Waals surface area contributed by atoms with E-state index in [1.807, 2.05) is 24.4 Å². The van der Waals surface area contributed by atoms with Gasteiger partial charge in [-0.25, -0.2) is 18.5 Å². The van der Waals surface area contributed by atoms with Gasteiger partial charge in [-0.15, -0.1) is 22.7 Å². The van der Waals surface area contributed by atoms with Crippen molar-refractivity contribution in [2.75, 3.05) is 6.54 Å². The van der Waals surface area contributed by atoms with Crippen molar-refractivity contribution in [2.45, 2.75) is 25.2 Å². The first-order valence-corrected chi connectivity index (χ1v) is 11.4. The SMILES string of the molecule is Cc1nc(-c2ccc(CCNC(=O)c3cc(S(N)(=O)=O)ccc3C)s2)cs1. The molecule has 142 valence electrons. The van der Waals surface area contributed by atoms with Crippen LogP contribution in [0.4, 0.5) is 0 Å². The van der Waals surface area contributed by atoms with E-state index in [4.69, 9.17) is 5.14 Å². The Morgan fingerprint density at radius 2 is 2.00 bits per heavy atom. The van der Waals surface area contributed by atoms with Gasteiger partial charge < -0.3 is 5.32 Å². The summed E-state index contributed by atoms with van der Waals surface area (Å²) < 4.78 is 23.0. The third-order valence-electron chi connectivity index (χ3n) is 3.97. The zero-order valence-corrected chi connectivity index (χ0v) is 17.3. The quantitative estimate of drug-likeness (QED) is 0.638. The summed E-state index contributed by atoms with van der Waals surface area (Å²) in [5.74, 6) is -0.315. The first kappa shape index (κ1) is 19.7. The Labute approximate surface area is 166 Å². The molecule has 0 saturated heterocycles. The number of thiophene rings is 1. The van der Waals surface area contributed by atoms with Gasteiger partial charge in [-0.2, -0.15) is 0 Å². The van der Waals surface area contributed by atoms with Gasteiger partial charge in [0.25, 0.3) is 5.91 Å². The molecule has 0 aliphatic heterocycles. The minimum atomic E-state index is -3.84. The van der Waals surface area contributed by atoms with Crippen LogP contribution in [0.1, 0.15) is 25.8 Å². The highest BCUT2D eigenvalue weighted by molar-refractivity contribution is 7.89. The van der Waals surface area contributed by atoms with Gasteiger partial charge in [0, 0.05) is 22.4 Å². The molecular weight excluding hydrogens is 402 g/mol. The van der Waals surface area contributed by atoms with Crippen LogP contribution in [-0.4, -0.2) is 25.9 Å². The number of hydrogen-bond donors (Lipinski definition) is 2. The molecule has 0 spiro atoms. The van der Waals surface area contributed by atoms with E-state index in [1.165, 1.54) is 12.1 Å². The van der Waals surface area contributed by atoms with Crippen molar-refractivity contribution in [3.63, 3.8) is 0 Å². The summed E-state index contributed by atoms with van der Waals surface area (Å²) >= 11 is 3.27. The lowest BCUT2D eigenvalue weighted by Crippen LogP contribution is -2.26. The average Bonchev–Trinajstić information content (AvgIpc) is 3.23. The van der Waals surface area contributed by atoms with Crippen molar-refractivity contribution in [1.29, 1.82) is 0 Å². The number of aryl methyl sites for hydroxylation is 2. The number of benzene rings is 1. The number of hydrogen-bond acceptors (Lipinski definition) is 6. The van der Waals surface area contributed by atoms with Crippen molar-refractivity contribution >= 4 is 38.6 Å². The Balaban J connectivity index is 1.63. The smallest absolute Gasteiger partial charge is 0.251 e. The van der Waals surface area contributed by atoms with Crippen LogP contribution in [0, 0.1) is 13.8 Å². The molecule has 0 atom stereocenters. The number of nitrogens with zero attached hydrogens (tertiary/aromatic N) is 1. The Morgan fingerprint density at radius 3 is 2.67 bits per heavy atom. The van der Waals surface area contributed by atoms with E-state index in [1.54, 1.807) is 35.7 Å². The summed E-state index contributed by atoms with van der Waals surface area (Å²) in [5, 5.41) is 11.0. The van der Waals surface area contributed by atoms with Crippen LogP contribution in [0.2, 0.25) is 0 Å². The molecule has 6 nitrogen and oxygen atoms in total. The predicted octanol–water partition coefficient (Wildman–Crippen LogP) is 3.11. The molecule has 3 rings (SSSR count).